The second-order valence-electron chi connectivity index (χ2n) is 11.0. The summed E-state index contributed by atoms with van der Waals surface area (Å²) < 4.78 is 32.1. The molecule has 0 aromatic heterocycles. The van der Waals surface area contributed by atoms with Crippen molar-refractivity contribution in [1.29, 1.82) is 0 Å². The van der Waals surface area contributed by atoms with E-state index in [0.29, 0.717) is 5.56 Å². The lowest BCUT2D eigenvalue weighted by molar-refractivity contribution is -0.145. The minimum absolute atomic E-state index is 0.127. The molecular formula is C32H43FN2O12. The number of methoxy groups -OCH3 is 3. The highest BCUT2D eigenvalue weighted by molar-refractivity contribution is 5.97. The molecule has 1 aromatic rings. The van der Waals surface area contributed by atoms with Crippen LogP contribution in [0.4, 0.5) is 9.18 Å². The fourth-order valence-electron chi connectivity index (χ4n) is 4.46. The van der Waals surface area contributed by atoms with Crippen molar-refractivity contribution in [3.8, 4) is 0 Å². The molecule has 0 radical (unpaired) electrons. The van der Waals surface area contributed by atoms with Crippen LogP contribution in [0.5, 0.6) is 0 Å². The third-order valence-corrected chi connectivity index (χ3v) is 7.22. The zero-order valence-corrected chi connectivity index (χ0v) is 27.2. The lowest BCUT2D eigenvalue weighted by Gasteiger charge is -2.26. The molecule has 15 heteroatoms. The second kappa shape index (κ2) is 21.2. The predicted molar refractivity (Wildman–Crippen MR) is 162 cm³/mol. The molecule has 47 heavy (non-hydrogen) atoms. The van der Waals surface area contributed by atoms with Crippen LogP contribution in [-0.4, -0.2) is 87.3 Å². The van der Waals surface area contributed by atoms with E-state index in [2.05, 4.69) is 24.8 Å². The van der Waals surface area contributed by atoms with Gasteiger partial charge in [0.05, 0.1) is 40.2 Å². The Bertz CT molecular complexity index is 1250. The third kappa shape index (κ3) is 15.0. The van der Waals surface area contributed by atoms with Crippen molar-refractivity contribution in [2.45, 2.75) is 71.1 Å². The average molecular weight is 667 g/mol. The third-order valence-electron chi connectivity index (χ3n) is 7.22. The molecule has 2 unspecified atom stereocenters. The number of ether oxygens (including phenoxy) is 4. The summed E-state index contributed by atoms with van der Waals surface area (Å²) in [5, 5.41) is 4.86. The number of carbonyl (C=O) groups excluding carboxylic acids is 8. The molecule has 0 spiro atoms. The van der Waals surface area contributed by atoms with Gasteiger partial charge in [0.1, 0.15) is 19.3 Å². The average Bonchev–Trinajstić information content (AvgIpc) is 3.06. The Balaban J connectivity index is 3.17. The summed E-state index contributed by atoms with van der Waals surface area (Å²) in [7, 11) is 3.30. The number of ketones is 3. The second-order valence-corrected chi connectivity index (χ2v) is 11.0. The standard InChI is InChI=1S/C32H43FN2O12/c1-19(2)30(25(37)14-22(26(38)17-33)15-28(40)45-4)35-31(42)21(11-12-27(39)44-3)13-24(36)23(16-29(41)46-5)34-32(43)47-18-20-9-7-6-8-10-20/h6-10,19,21-23,30H,11-18H2,1-5H3,(H,34,43)(H,35,42)/t21?,22?,23-,30-/m0/s1. The van der Waals surface area contributed by atoms with Gasteiger partial charge in [-0.3, -0.25) is 33.6 Å². The van der Waals surface area contributed by atoms with Crippen molar-refractivity contribution in [2.24, 2.45) is 17.8 Å². The van der Waals surface area contributed by atoms with E-state index in [1.165, 1.54) is 0 Å². The minimum atomic E-state index is -1.47. The first-order valence-electron chi connectivity index (χ1n) is 14.9. The van der Waals surface area contributed by atoms with Gasteiger partial charge in [-0.1, -0.05) is 44.2 Å². The highest BCUT2D eigenvalue weighted by Crippen LogP contribution is 2.20. The maximum absolute atomic E-state index is 13.5. The van der Waals surface area contributed by atoms with Crippen molar-refractivity contribution < 1.29 is 61.7 Å². The van der Waals surface area contributed by atoms with E-state index < -0.39 is 109 Å². The number of hydrogen-bond donors (Lipinski definition) is 2. The topological polar surface area (TPSA) is 198 Å². The largest absolute Gasteiger partial charge is 0.469 e. The van der Waals surface area contributed by atoms with E-state index in [1.807, 2.05) is 0 Å². The van der Waals surface area contributed by atoms with Gasteiger partial charge in [0.15, 0.2) is 17.3 Å². The quantitative estimate of drug-likeness (QED) is 0.144. The van der Waals surface area contributed by atoms with E-state index in [1.54, 1.807) is 44.2 Å². The van der Waals surface area contributed by atoms with Crippen molar-refractivity contribution in [1.82, 2.24) is 10.6 Å². The van der Waals surface area contributed by atoms with E-state index in [9.17, 15) is 42.7 Å². The molecule has 0 aliphatic heterocycles. The van der Waals surface area contributed by atoms with Gasteiger partial charge in [-0.2, -0.15) is 0 Å². The van der Waals surface area contributed by atoms with Gasteiger partial charge >= 0.3 is 24.0 Å². The predicted octanol–water partition coefficient (Wildman–Crippen LogP) is 2.19. The van der Waals surface area contributed by atoms with Gasteiger partial charge in [-0.25, -0.2) is 9.18 Å². The van der Waals surface area contributed by atoms with Crippen LogP contribution in [0.2, 0.25) is 0 Å². The molecule has 14 nitrogen and oxygen atoms in total. The van der Waals surface area contributed by atoms with Gasteiger partial charge in [0, 0.05) is 31.1 Å². The van der Waals surface area contributed by atoms with Crippen LogP contribution in [0.3, 0.4) is 0 Å². The first kappa shape index (κ1) is 40.3. The van der Waals surface area contributed by atoms with E-state index in [-0.39, 0.29) is 19.4 Å². The Hall–Kier alpha value is -4.69. The van der Waals surface area contributed by atoms with Gasteiger partial charge in [0.25, 0.3) is 0 Å². The summed E-state index contributed by atoms with van der Waals surface area (Å²) in [6, 6.07) is 5.99. The van der Waals surface area contributed by atoms with E-state index in [4.69, 9.17) is 4.74 Å². The molecule has 0 aliphatic rings. The molecule has 2 N–H and O–H groups in total. The molecule has 0 heterocycles. The molecule has 1 rings (SSSR count). The van der Waals surface area contributed by atoms with Gasteiger partial charge in [-0.05, 0) is 17.9 Å². The Morgan fingerprint density at radius 3 is 1.83 bits per heavy atom. The number of amides is 2. The van der Waals surface area contributed by atoms with Gasteiger partial charge < -0.3 is 29.6 Å². The molecule has 260 valence electrons. The lowest BCUT2D eigenvalue weighted by Crippen LogP contribution is -2.49. The molecule has 4 atom stereocenters. The first-order valence-corrected chi connectivity index (χ1v) is 14.9. The minimum Gasteiger partial charge on any atom is -0.469 e. The van der Waals surface area contributed by atoms with Crippen molar-refractivity contribution in [3.63, 3.8) is 0 Å². The first-order chi connectivity index (χ1) is 22.3. The van der Waals surface area contributed by atoms with Crippen LogP contribution in [0.25, 0.3) is 0 Å². The van der Waals surface area contributed by atoms with E-state index >= 15 is 0 Å². The summed E-state index contributed by atoms with van der Waals surface area (Å²) in [5.74, 6) is -8.69. The van der Waals surface area contributed by atoms with E-state index in [0.717, 1.165) is 21.3 Å². The zero-order chi connectivity index (χ0) is 35.5. The van der Waals surface area contributed by atoms with Crippen LogP contribution >= 0.6 is 0 Å². The maximum Gasteiger partial charge on any atom is 0.408 e. The van der Waals surface area contributed by atoms with Crippen LogP contribution in [-0.2, 0) is 59.1 Å². The molecular weight excluding hydrogens is 623 g/mol. The number of benzene rings is 1. The number of alkyl halides is 1. The summed E-state index contributed by atoms with van der Waals surface area (Å²) in [4.78, 5) is 101. The molecule has 0 fully saturated rings. The zero-order valence-electron chi connectivity index (χ0n) is 27.2. The fourth-order valence-corrected chi connectivity index (χ4v) is 4.46. The maximum atomic E-state index is 13.5. The van der Waals surface area contributed by atoms with Crippen molar-refractivity contribution >= 4 is 47.3 Å². The Morgan fingerprint density at radius 2 is 1.28 bits per heavy atom. The molecule has 0 bridgehead atoms. The van der Waals surface area contributed by atoms with Crippen LogP contribution in [0, 0.1) is 17.8 Å². The van der Waals surface area contributed by atoms with Crippen LogP contribution in [0.15, 0.2) is 30.3 Å². The summed E-state index contributed by atoms with van der Waals surface area (Å²) in [6.07, 6.45) is -3.78. The lowest BCUT2D eigenvalue weighted by atomic mass is 9.87. The molecule has 0 saturated carbocycles. The number of Topliss-reactive ketones (excluding diaryl/α,β-unsaturated/α-hetero) is 3. The Kier molecular flexibility index (Phi) is 18.2. The number of nitrogens with one attached hydrogen (secondary N) is 2. The number of esters is 3. The smallest absolute Gasteiger partial charge is 0.408 e. The number of alkyl carbamates (subject to hydrolysis) is 1. The summed E-state index contributed by atoms with van der Waals surface area (Å²) in [5.41, 5.74) is 0.665. The van der Waals surface area contributed by atoms with Crippen molar-refractivity contribution in [3.05, 3.63) is 35.9 Å². The number of rotatable bonds is 21. The SMILES string of the molecule is COC(=O)CCC(CC(=O)[C@H](CC(=O)OC)NC(=O)OCc1ccccc1)C(=O)N[C@H](C(=O)CC(CC(=O)OC)C(=O)CF)C(C)C. The number of hydrogen-bond acceptors (Lipinski definition) is 12. The highest BCUT2D eigenvalue weighted by atomic mass is 19.1. The molecule has 1 aromatic carbocycles. The molecule has 2 amide bonds. The normalized spacial score (nSPS) is 13.3. The van der Waals surface area contributed by atoms with Gasteiger partial charge in [-0.15, -0.1) is 0 Å². The molecule has 0 aliphatic carbocycles. The van der Waals surface area contributed by atoms with Crippen molar-refractivity contribution in [2.75, 3.05) is 28.0 Å². The number of halogens is 1. The number of carbonyl (C=O) groups is 8. The van der Waals surface area contributed by atoms with Crippen LogP contribution in [0.1, 0.15) is 57.9 Å². The summed E-state index contributed by atoms with van der Waals surface area (Å²) in [6.45, 7) is 1.66. The fraction of sp³-hybridized carbons (Fsp3) is 0.562. The monoisotopic (exact) mass is 666 g/mol. The van der Waals surface area contributed by atoms with Gasteiger partial charge in [0.2, 0.25) is 5.91 Å². The Labute approximate surface area is 272 Å². The summed E-state index contributed by atoms with van der Waals surface area (Å²) >= 11 is 0. The Morgan fingerprint density at radius 1 is 0.702 bits per heavy atom. The highest BCUT2D eigenvalue weighted by Gasteiger charge is 2.35. The van der Waals surface area contributed by atoms with Crippen LogP contribution < -0.4 is 10.6 Å². The molecule has 0 saturated heterocycles.